The summed E-state index contributed by atoms with van der Waals surface area (Å²) >= 11 is 1.89. The van der Waals surface area contributed by atoms with Crippen molar-refractivity contribution in [2.75, 3.05) is 0 Å². The number of phenols is 3. The molecule has 7 heteroatoms. The number of hydrogen-bond donors (Lipinski definition) is 4. The minimum Gasteiger partial charge on any atom is -0.508 e. The smallest absolute Gasteiger partial charge is 0.139 e. The molecule has 354 valence electrons. The summed E-state index contributed by atoms with van der Waals surface area (Å²) in [7, 11) is 0. The van der Waals surface area contributed by atoms with Crippen LogP contribution in [0.4, 0.5) is 0 Å². The zero-order valence-corrected chi connectivity index (χ0v) is 41.0. The third-order valence-corrected chi connectivity index (χ3v) is 22.3. The Labute approximate surface area is 402 Å². The molecule has 0 unspecified atom stereocenters. The van der Waals surface area contributed by atoms with Gasteiger partial charge in [0.15, 0.2) is 0 Å². The highest BCUT2D eigenvalue weighted by atomic mass is 32.2. The first-order valence-electron chi connectivity index (χ1n) is 26.0. The first kappa shape index (κ1) is 45.4. The average Bonchev–Trinajstić information content (AvgIpc) is 4.12. The second-order valence-electron chi connectivity index (χ2n) is 24.2. The fraction of sp³-hybridized carbons (Fsp3) is 0.567. The molecule has 6 saturated carbocycles. The summed E-state index contributed by atoms with van der Waals surface area (Å²) in [6.07, 6.45) is 22.2. The Morgan fingerprint density at radius 3 is 1.22 bits per heavy atom. The summed E-state index contributed by atoms with van der Waals surface area (Å²) in [6, 6.07) is 28.1. The van der Waals surface area contributed by atoms with Gasteiger partial charge in [-0.2, -0.15) is 0 Å². The fourth-order valence-electron chi connectivity index (χ4n) is 15.3. The van der Waals surface area contributed by atoms with Gasteiger partial charge in [0, 0.05) is 33.3 Å². The molecule has 0 amide bonds. The van der Waals surface area contributed by atoms with Crippen LogP contribution in [0.5, 0.6) is 17.2 Å². The molecule has 13 rings (SSSR count). The van der Waals surface area contributed by atoms with Crippen LogP contribution in [0.25, 0.3) is 0 Å². The van der Waals surface area contributed by atoms with E-state index in [-0.39, 0.29) is 21.0 Å². The third-order valence-electron chi connectivity index (χ3n) is 20.6. The van der Waals surface area contributed by atoms with E-state index in [1.165, 1.54) is 64.0 Å². The molecular formula is C60H72O6S. The summed E-state index contributed by atoms with van der Waals surface area (Å²) in [4.78, 5) is 25.5. The topological polar surface area (TPSA) is 115 Å². The number of aryl methyl sites for hydroxylation is 3. The van der Waals surface area contributed by atoms with Gasteiger partial charge in [0.05, 0.1) is 5.60 Å². The lowest BCUT2D eigenvalue weighted by atomic mass is 9.48. The van der Waals surface area contributed by atoms with Gasteiger partial charge in [-0.25, -0.2) is 0 Å². The van der Waals surface area contributed by atoms with Crippen LogP contribution in [-0.2, 0) is 28.9 Å². The van der Waals surface area contributed by atoms with Crippen LogP contribution in [0.2, 0.25) is 0 Å². The zero-order chi connectivity index (χ0) is 46.6. The molecule has 6 nitrogen and oxygen atoms in total. The number of aliphatic hydroxyl groups is 1. The predicted octanol–water partition coefficient (Wildman–Crippen LogP) is 13.6. The van der Waals surface area contributed by atoms with Crippen molar-refractivity contribution in [2.45, 2.75) is 189 Å². The summed E-state index contributed by atoms with van der Waals surface area (Å²) in [5.41, 5.74) is 8.43. The summed E-state index contributed by atoms with van der Waals surface area (Å²) in [6.45, 7) is 7.23. The maximum absolute atomic E-state index is 12.1. The first-order chi connectivity index (χ1) is 32.0. The van der Waals surface area contributed by atoms with Gasteiger partial charge in [0.2, 0.25) is 0 Å². The Morgan fingerprint density at radius 1 is 0.448 bits per heavy atom. The quantitative estimate of drug-likeness (QED) is 0.162. The van der Waals surface area contributed by atoms with E-state index in [2.05, 4.69) is 69.3 Å². The van der Waals surface area contributed by atoms with Crippen molar-refractivity contribution in [3.8, 4) is 17.2 Å². The highest BCUT2D eigenvalue weighted by Crippen LogP contribution is 2.68. The van der Waals surface area contributed by atoms with Gasteiger partial charge in [-0.3, -0.25) is 9.59 Å². The molecule has 6 fully saturated rings. The maximum atomic E-state index is 12.1. The Bertz CT molecular complexity index is 2500. The molecule has 4 aromatic rings. The maximum Gasteiger partial charge on any atom is 0.139 e. The van der Waals surface area contributed by atoms with E-state index < -0.39 is 5.60 Å². The number of fused-ring (bicyclic) bond motifs is 9. The summed E-state index contributed by atoms with van der Waals surface area (Å²) in [5.74, 6) is 3.51. The number of carbonyl (C=O) groups is 2. The number of rotatable bonds is 3. The van der Waals surface area contributed by atoms with Gasteiger partial charge >= 0.3 is 0 Å². The van der Waals surface area contributed by atoms with Gasteiger partial charge in [-0.15, -0.1) is 11.8 Å². The van der Waals surface area contributed by atoms with Crippen molar-refractivity contribution in [3.05, 3.63) is 118 Å². The molecule has 2 spiro atoms. The van der Waals surface area contributed by atoms with Crippen LogP contribution in [0, 0.1) is 27.1 Å². The summed E-state index contributed by atoms with van der Waals surface area (Å²) in [5, 5.41) is 41.2. The number of thioether (sulfide) groups is 1. The molecule has 0 radical (unpaired) electrons. The van der Waals surface area contributed by atoms with E-state index in [9.17, 15) is 30.0 Å². The Kier molecular flexibility index (Phi) is 11.0. The largest absolute Gasteiger partial charge is 0.508 e. The van der Waals surface area contributed by atoms with Crippen LogP contribution in [0.1, 0.15) is 187 Å². The Balaban J connectivity index is 0.000000113. The van der Waals surface area contributed by atoms with Crippen molar-refractivity contribution < 1.29 is 30.0 Å². The van der Waals surface area contributed by atoms with Gasteiger partial charge in [-0.1, -0.05) is 57.2 Å². The molecule has 0 bridgehead atoms. The molecule has 9 aliphatic rings. The molecule has 4 N–H and O–H groups in total. The van der Waals surface area contributed by atoms with Crippen LogP contribution in [-0.4, -0.2) is 42.3 Å². The second-order valence-corrected chi connectivity index (χ2v) is 25.7. The number of ketones is 2. The Hall–Kier alpha value is -4.07. The zero-order valence-electron chi connectivity index (χ0n) is 40.2. The number of hydrogen-bond acceptors (Lipinski definition) is 7. The van der Waals surface area contributed by atoms with Gasteiger partial charge < -0.3 is 20.4 Å². The van der Waals surface area contributed by atoms with Crippen molar-refractivity contribution in [1.82, 2.24) is 0 Å². The van der Waals surface area contributed by atoms with E-state index >= 15 is 0 Å². The lowest BCUT2D eigenvalue weighted by Gasteiger charge is -2.55. The van der Waals surface area contributed by atoms with Crippen LogP contribution in [0.3, 0.4) is 0 Å². The number of phenolic OH excluding ortho intramolecular Hbond substituents is 3. The number of aromatic hydroxyl groups is 3. The molecule has 0 saturated heterocycles. The Morgan fingerprint density at radius 2 is 0.851 bits per heavy atom. The highest BCUT2D eigenvalue weighted by molar-refractivity contribution is 8.01. The SMILES string of the molecule is C[C@@]12CCc3cc(O)ccc3[C@H]1C[C@@]1(CCC1=O)CC2.C[C@@]12CCc3cc(O)ccc3[C@H]1C[C@](O)(C1(Sc3ccccc3)CC1)CC2.C[C@@]12CCc3cc(O)ccc3[C@H]1C[C@]1(CCC1=O)CC2. The van der Waals surface area contributed by atoms with Crippen LogP contribution in [0.15, 0.2) is 89.8 Å². The van der Waals surface area contributed by atoms with Crippen molar-refractivity contribution >= 4 is 23.3 Å². The minimum atomic E-state index is -0.607. The third kappa shape index (κ3) is 7.70. The predicted molar refractivity (Wildman–Crippen MR) is 266 cm³/mol. The number of Topliss-reactive ketones (excluding diaryl/α,β-unsaturated/α-hetero) is 2. The monoisotopic (exact) mass is 921 g/mol. The summed E-state index contributed by atoms with van der Waals surface area (Å²) < 4.78 is -0.0236. The number of carbonyl (C=O) groups excluding carboxylic acids is 2. The molecule has 0 aliphatic heterocycles. The lowest BCUT2D eigenvalue weighted by Crippen LogP contribution is -2.51. The van der Waals surface area contributed by atoms with Crippen molar-refractivity contribution in [1.29, 1.82) is 0 Å². The van der Waals surface area contributed by atoms with Crippen LogP contribution >= 0.6 is 11.8 Å². The highest BCUT2D eigenvalue weighted by Gasteiger charge is 2.63. The minimum absolute atomic E-state index is 0.0106. The van der Waals surface area contributed by atoms with E-state index in [4.69, 9.17) is 0 Å². The second kappa shape index (κ2) is 16.3. The van der Waals surface area contributed by atoms with Crippen molar-refractivity contribution in [2.24, 2.45) is 27.1 Å². The standard InChI is InChI=1S/C24H28O2S.2C18H22O2/c1-22-10-9-17-15-18(25)7-8-20(17)21(22)16-23(26,12-11-22)24(13-14-24)27-19-5-3-2-4-6-19;2*1-17-6-4-12-10-13(19)2-3-14(12)15(17)11-18(9-8-17)7-5-16(18)20/h2-8,15,21,25-26H,9-14,16H2,1H3;2*2-3,10,15,19H,4-9,11H2,1H3/t21-,22+,23+;15-,17+,18+;15-,17+,18-/m111/s1. The van der Waals surface area contributed by atoms with E-state index in [0.29, 0.717) is 57.4 Å². The van der Waals surface area contributed by atoms with E-state index in [1.54, 1.807) is 0 Å². The molecule has 4 aromatic carbocycles. The molecule has 9 atom stereocenters. The van der Waals surface area contributed by atoms with Gasteiger partial charge in [-0.05, 0) is 238 Å². The molecular weight excluding hydrogens is 849 g/mol. The van der Waals surface area contributed by atoms with E-state index in [0.717, 1.165) is 109 Å². The van der Waals surface area contributed by atoms with Gasteiger partial charge in [0.1, 0.15) is 28.8 Å². The lowest BCUT2D eigenvalue weighted by molar-refractivity contribution is -0.145. The molecule has 67 heavy (non-hydrogen) atoms. The molecule has 0 heterocycles. The van der Waals surface area contributed by atoms with E-state index in [1.807, 2.05) is 48.2 Å². The van der Waals surface area contributed by atoms with Gasteiger partial charge in [0.25, 0.3) is 0 Å². The fourth-order valence-corrected chi connectivity index (χ4v) is 16.7. The normalized spacial score (nSPS) is 36.9. The average molecular weight is 921 g/mol. The first-order valence-corrected chi connectivity index (χ1v) is 26.8. The molecule has 9 aliphatic carbocycles. The van der Waals surface area contributed by atoms with Crippen LogP contribution < -0.4 is 0 Å². The number of benzene rings is 4. The molecule has 0 aromatic heterocycles. The van der Waals surface area contributed by atoms with Crippen molar-refractivity contribution in [3.63, 3.8) is 0 Å².